The fourth-order valence-corrected chi connectivity index (χ4v) is 2.02. The van der Waals surface area contributed by atoms with Gasteiger partial charge in [0, 0.05) is 18.2 Å². The Bertz CT molecular complexity index is 645. The van der Waals surface area contributed by atoms with Crippen LogP contribution in [0.2, 0.25) is 0 Å². The average molecular weight is 317 g/mol. The quantitative estimate of drug-likeness (QED) is 0.290. The largest absolute Gasteiger partial charge is 0.351 e. The summed E-state index contributed by atoms with van der Waals surface area (Å²) >= 11 is 0. The molecule has 0 heterocycles. The molecule has 1 amide bonds. The van der Waals surface area contributed by atoms with E-state index in [1.807, 2.05) is 0 Å². The fourth-order valence-electron chi connectivity index (χ4n) is 1.45. The molecule has 0 radical (unpaired) electrons. The van der Waals surface area contributed by atoms with Gasteiger partial charge in [-0.05, 0) is 19.2 Å². The van der Waals surface area contributed by atoms with E-state index in [2.05, 4.69) is 15.5 Å². The van der Waals surface area contributed by atoms with Crippen LogP contribution >= 0.6 is 0 Å². The summed E-state index contributed by atoms with van der Waals surface area (Å²) in [7, 11) is -2.17. The van der Waals surface area contributed by atoms with Crippen molar-refractivity contribution in [2.45, 2.75) is 0 Å². The molecule has 0 aromatic heterocycles. The molecule has 1 rings (SSSR count). The van der Waals surface area contributed by atoms with Gasteiger partial charge in [-0.1, -0.05) is 0 Å². The molecule has 10 nitrogen and oxygen atoms in total. The van der Waals surface area contributed by atoms with Crippen molar-refractivity contribution >= 4 is 27.3 Å². The van der Waals surface area contributed by atoms with Gasteiger partial charge >= 0.3 is 0 Å². The molecule has 0 saturated carbocycles. The second-order valence-corrected chi connectivity index (χ2v) is 5.96. The predicted octanol–water partition coefficient (Wildman–Crippen LogP) is -0.841. The Labute approximate surface area is 120 Å². The van der Waals surface area contributed by atoms with Crippen LogP contribution in [0.3, 0.4) is 0 Å². The summed E-state index contributed by atoms with van der Waals surface area (Å²) in [4.78, 5) is 21.9. The molecule has 0 unspecified atom stereocenters. The zero-order chi connectivity index (χ0) is 16.0. The first-order valence-electron chi connectivity index (χ1n) is 5.75. The maximum absolute atomic E-state index is 11.8. The molecular weight excluding hydrogens is 302 g/mol. The van der Waals surface area contributed by atoms with Crippen LogP contribution in [0.4, 0.5) is 11.4 Å². The van der Waals surface area contributed by atoms with E-state index >= 15 is 0 Å². The molecule has 1 aromatic carbocycles. The van der Waals surface area contributed by atoms with Gasteiger partial charge < -0.3 is 10.7 Å². The Balaban J connectivity index is 2.79. The minimum atomic E-state index is -3.43. The van der Waals surface area contributed by atoms with Crippen molar-refractivity contribution in [3.8, 4) is 0 Å². The maximum atomic E-state index is 11.8. The Morgan fingerprint density at radius 2 is 2.10 bits per heavy atom. The number of anilines is 1. The lowest BCUT2D eigenvalue weighted by Crippen LogP contribution is -2.33. The van der Waals surface area contributed by atoms with Gasteiger partial charge in [-0.3, -0.25) is 20.8 Å². The number of rotatable bonds is 7. The number of hydrazine groups is 1. The van der Waals surface area contributed by atoms with Gasteiger partial charge in [0.2, 0.25) is 10.0 Å². The number of nitro groups is 1. The van der Waals surface area contributed by atoms with Crippen LogP contribution in [0.15, 0.2) is 18.2 Å². The summed E-state index contributed by atoms with van der Waals surface area (Å²) < 4.78 is 24.4. The summed E-state index contributed by atoms with van der Waals surface area (Å²) in [5.74, 6) is 4.22. The lowest BCUT2D eigenvalue weighted by Gasteiger charge is -2.07. The monoisotopic (exact) mass is 317 g/mol. The molecule has 0 bridgehead atoms. The molecule has 21 heavy (non-hydrogen) atoms. The van der Waals surface area contributed by atoms with Crippen molar-refractivity contribution in [2.24, 2.45) is 5.84 Å². The lowest BCUT2D eigenvalue weighted by molar-refractivity contribution is -0.384. The van der Waals surface area contributed by atoms with Crippen LogP contribution in [0.5, 0.6) is 0 Å². The summed E-state index contributed by atoms with van der Waals surface area (Å²) in [5, 5.41) is 13.2. The van der Waals surface area contributed by atoms with Crippen molar-refractivity contribution in [2.75, 3.05) is 24.8 Å². The highest BCUT2D eigenvalue weighted by atomic mass is 32.2. The van der Waals surface area contributed by atoms with Crippen molar-refractivity contribution in [1.29, 1.82) is 0 Å². The zero-order valence-electron chi connectivity index (χ0n) is 11.1. The van der Waals surface area contributed by atoms with Gasteiger partial charge in [0.25, 0.3) is 11.6 Å². The molecule has 0 saturated heterocycles. The van der Waals surface area contributed by atoms with E-state index in [1.54, 1.807) is 0 Å². The number of carbonyl (C=O) groups is 1. The standard InChI is InChI=1S/C10H15N5O5S/c1-12-21(19,20)5-4-13-10(16)7-2-3-8(14-11)9(6-7)15(17)18/h2-3,6,12,14H,4-5,11H2,1H3,(H,13,16). The van der Waals surface area contributed by atoms with Crippen molar-refractivity contribution in [1.82, 2.24) is 10.0 Å². The molecular formula is C10H15N5O5S. The van der Waals surface area contributed by atoms with E-state index in [9.17, 15) is 23.3 Å². The number of amides is 1. The van der Waals surface area contributed by atoms with Gasteiger partial charge in [0.1, 0.15) is 5.69 Å². The van der Waals surface area contributed by atoms with Gasteiger partial charge in [0.05, 0.1) is 10.7 Å². The summed E-state index contributed by atoms with van der Waals surface area (Å²) in [6.07, 6.45) is 0. The molecule has 5 N–H and O–H groups in total. The van der Waals surface area contributed by atoms with Crippen molar-refractivity contribution in [3.05, 3.63) is 33.9 Å². The molecule has 0 fully saturated rings. The Morgan fingerprint density at radius 3 is 2.62 bits per heavy atom. The second kappa shape index (κ2) is 6.97. The van der Waals surface area contributed by atoms with Crippen LogP contribution in [-0.2, 0) is 10.0 Å². The Hall–Kier alpha value is -2.24. The number of carbonyl (C=O) groups excluding carboxylic acids is 1. The maximum Gasteiger partial charge on any atom is 0.294 e. The second-order valence-electron chi connectivity index (χ2n) is 3.91. The van der Waals surface area contributed by atoms with E-state index in [-0.39, 0.29) is 29.2 Å². The van der Waals surface area contributed by atoms with Gasteiger partial charge in [-0.25, -0.2) is 13.1 Å². The average Bonchev–Trinajstić information content (AvgIpc) is 2.46. The topological polar surface area (TPSA) is 156 Å². The third-order valence-electron chi connectivity index (χ3n) is 2.58. The first-order valence-corrected chi connectivity index (χ1v) is 7.40. The van der Waals surface area contributed by atoms with E-state index in [4.69, 9.17) is 5.84 Å². The smallest absolute Gasteiger partial charge is 0.294 e. The minimum absolute atomic E-state index is 0.0301. The van der Waals surface area contributed by atoms with Gasteiger partial charge in [0.15, 0.2) is 0 Å². The third kappa shape index (κ3) is 4.66. The summed E-state index contributed by atoms with van der Waals surface area (Å²) in [6, 6.07) is 3.68. The number of hydrogen-bond donors (Lipinski definition) is 4. The predicted molar refractivity (Wildman–Crippen MR) is 76.1 cm³/mol. The van der Waals surface area contributed by atoms with Crippen LogP contribution in [-0.4, -0.2) is 38.6 Å². The van der Waals surface area contributed by atoms with E-state index < -0.39 is 20.9 Å². The molecule has 0 atom stereocenters. The number of benzene rings is 1. The normalized spacial score (nSPS) is 11.0. The fraction of sp³-hybridized carbons (Fsp3) is 0.300. The number of nitrogens with zero attached hydrogens (tertiary/aromatic N) is 1. The van der Waals surface area contributed by atoms with E-state index in [1.165, 1.54) is 19.2 Å². The first-order chi connectivity index (χ1) is 9.80. The number of sulfonamides is 1. The molecule has 11 heteroatoms. The highest BCUT2D eigenvalue weighted by molar-refractivity contribution is 7.89. The Morgan fingerprint density at radius 1 is 1.43 bits per heavy atom. The molecule has 1 aromatic rings. The number of nitrogens with one attached hydrogen (secondary N) is 3. The van der Waals surface area contributed by atoms with Gasteiger partial charge in [-0.2, -0.15) is 0 Å². The van der Waals surface area contributed by atoms with Crippen molar-refractivity contribution in [3.63, 3.8) is 0 Å². The third-order valence-corrected chi connectivity index (χ3v) is 3.94. The molecule has 0 aliphatic rings. The zero-order valence-corrected chi connectivity index (χ0v) is 11.9. The van der Waals surface area contributed by atoms with Gasteiger partial charge in [-0.15, -0.1) is 0 Å². The molecule has 0 aliphatic heterocycles. The van der Waals surface area contributed by atoms with Crippen molar-refractivity contribution < 1.29 is 18.1 Å². The Kier molecular flexibility index (Phi) is 5.58. The van der Waals surface area contributed by atoms with E-state index in [0.29, 0.717) is 0 Å². The SMILES string of the molecule is CNS(=O)(=O)CCNC(=O)c1ccc(NN)c([N+](=O)[O-])c1. The summed E-state index contributed by atoms with van der Waals surface area (Å²) in [6.45, 7) is -0.118. The van der Waals surface area contributed by atoms with Crippen LogP contribution < -0.4 is 21.3 Å². The van der Waals surface area contributed by atoms with E-state index in [0.717, 1.165) is 6.07 Å². The highest BCUT2D eigenvalue weighted by Crippen LogP contribution is 2.24. The summed E-state index contributed by atoms with van der Waals surface area (Å²) in [5.41, 5.74) is 1.89. The number of nitrogens with two attached hydrogens (primary N) is 1. The molecule has 0 aliphatic carbocycles. The molecule has 116 valence electrons. The van der Waals surface area contributed by atoms with Crippen LogP contribution in [0, 0.1) is 10.1 Å². The number of nitro benzene ring substituents is 1. The minimum Gasteiger partial charge on any atom is -0.351 e. The first kappa shape index (κ1) is 16.8. The molecule has 0 spiro atoms. The number of hydrogen-bond acceptors (Lipinski definition) is 7. The highest BCUT2D eigenvalue weighted by Gasteiger charge is 2.17. The van der Waals surface area contributed by atoms with Crippen LogP contribution in [0.1, 0.15) is 10.4 Å². The number of nitrogen functional groups attached to an aromatic ring is 1. The lowest BCUT2D eigenvalue weighted by atomic mass is 10.1. The van der Waals surface area contributed by atoms with Crippen LogP contribution in [0.25, 0.3) is 0 Å².